The van der Waals surface area contributed by atoms with Gasteiger partial charge in [-0.1, -0.05) is 6.58 Å². The van der Waals surface area contributed by atoms with Crippen molar-refractivity contribution in [3.05, 3.63) is 12.2 Å². The van der Waals surface area contributed by atoms with Crippen molar-refractivity contribution < 1.29 is 9.53 Å². The molecule has 0 heterocycles. The minimum absolute atomic E-state index is 0.110. The first-order chi connectivity index (χ1) is 12.4. The van der Waals surface area contributed by atoms with Gasteiger partial charge < -0.3 is 4.74 Å². The number of ether oxygens (including phenoxy) is 1. The first-order valence-electron chi connectivity index (χ1n) is 11.3. The molecule has 8 fully saturated rings. The van der Waals surface area contributed by atoms with Crippen LogP contribution in [0.25, 0.3) is 0 Å². The fourth-order valence-electron chi connectivity index (χ4n) is 10.0. The van der Waals surface area contributed by atoms with Crippen LogP contribution in [0, 0.1) is 46.8 Å². The summed E-state index contributed by atoms with van der Waals surface area (Å²) in [6.07, 6.45) is 15.4. The maximum Gasteiger partial charge on any atom is 0.333 e. The smallest absolute Gasteiger partial charge is 0.333 e. The van der Waals surface area contributed by atoms with Gasteiger partial charge in [0.05, 0.1) is 0 Å². The van der Waals surface area contributed by atoms with Crippen molar-refractivity contribution in [2.45, 2.75) is 83.2 Å². The molecule has 0 aromatic heterocycles. The van der Waals surface area contributed by atoms with E-state index in [0.29, 0.717) is 16.9 Å². The lowest BCUT2D eigenvalue weighted by atomic mass is 9.37. The van der Waals surface area contributed by atoms with E-state index in [1.54, 1.807) is 0 Å². The van der Waals surface area contributed by atoms with E-state index in [2.05, 4.69) is 6.58 Å². The van der Waals surface area contributed by atoms with E-state index in [4.69, 9.17) is 4.74 Å². The average Bonchev–Trinajstić information content (AvgIpc) is 2.51. The maximum absolute atomic E-state index is 12.7. The fourth-order valence-corrected chi connectivity index (χ4v) is 10.0. The molecule has 0 aromatic carbocycles. The first-order valence-corrected chi connectivity index (χ1v) is 11.3. The Morgan fingerprint density at radius 3 is 1.73 bits per heavy atom. The second-order valence-electron chi connectivity index (χ2n) is 11.6. The Morgan fingerprint density at radius 2 is 1.27 bits per heavy atom. The summed E-state index contributed by atoms with van der Waals surface area (Å²) in [6.45, 7) is 5.72. The van der Waals surface area contributed by atoms with Crippen LogP contribution in [-0.4, -0.2) is 11.6 Å². The molecule has 0 spiro atoms. The zero-order valence-electron chi connectivity index (χ0n) is 16.3. The summed E-state index contributed by atoms with van der Waals surface area (Å²) in [5, 5.41) is 0. The van der Waals surface area contributed by atoms with Gasteiger partial charge in [-0.05, 0) is 118 Å². The van der Waals surface area contributed by atoms with Gasteiger partial charge in [0.15, 0.2) is 0 Å². The van der Waals surface area contributed by atoms with Gasteiger partial charge in [-0.2, -0.15) is 0 Å². The van der Waals surface area contributed by atoms with E-state index in [1.165, 1.54) is 57.8 Å². The molecular formula is C24H34O2. The minimum Gasteiger partial charge on any atom is -0.455 e. The van der Waals surface area contributed by atoms with Crippen LogP contribution in [-0.2, 0) is 9.53 Å². The SMILES string of the molecule is C=C(C)C(=O)OC12CC3CC(CC(C3)C1C13CC4CC(CC(C4)C1)C3)C2. The average molecular weight is 355 g/mol. The van der Waals surface area contributed by atoms with Gasteiger partial charge in [0.2, 0.25) is 0 Å². The Balaban J connectivity index is 1.41. The lowest BCUT2D eigenvalue weighted by molar-refractivity contribution is -0.250. The summed E-state index contributed by atoms with van der Waals surface area (Å²) >= 11 is 0. The van der Waals surface area contributed by atoms with Gasteiger partial charge in [-0.15, -0.1) is 0 Å². The Labute approximate surface area is 158 Å². The molecule has 0 aromatic rings. The molecule has 8 rings (SSSR count). The van der Waals surface area contributed by atoms with Crippen molar-refractivity contribution in [2.24, 2.45) is 46.8 Å². The Kier molecular flexibility index (Phi) is 3.22. The van der Waals surface area contributed by atoms with E-state index in [9.17, 15) is 4.79 Å². The topological polar surface area (TPSA) is 26.3 Å². The molecule has 0 N–H and O–H groups in total. The minimum atomic E-state index is -0.142. The molecule has 8 bridgehead atoms. The maximum atomic E-state index is 12.7. The fraction of sp³-hybridized carbons (Fsp3) is 0.875. The molecule has 0 aliphatic heterocycles. The van der Waals surface area contributed by atoms with Crippen LogP contribution in [0.2, 0.25) is 0 Å². The van der Waals surface area contributed by atoms with Crippen molar-refractivity contribution in [3.63, 3.8) is 0 Å². The number of hydrogen-bond acceptors (Lipinski definition) is 2. The van der Waals surface area contributed by atoms with Crippen LogP contribution in [0.4, 0.5) is 0 Å². The molecule has 3 atom stereocenters. The number of carbonyl (C=O) groups excluding carboxylic acids is 1. The lowest BCUT2D eigenvalue weighted by Gasteiger charge is -2.69. The van der Waals surface area contributed by atoms with Gasteiger partial charge in [-0.25, -0.2) is 4.79 Å². The van der Waals surface area contributed by atoms with Crippen LogP contribution in [0.3, 0.4) is 0 Å². The van der Waals surface area contributed by atoms with Crippen LogP contribution in [0.15, 0.2) is 12.2 Å². The van der Waals surface area contributed by atoms with Crippen molar-refractivity contribution >= 4 is 5.97 Å². The van der Waals surface area contributed by atoms with Crippen LogP contribution < -0.4 is 0 Å². The van der Waals surface area contributed by atoms with E-state index >= 15 is 0 Å². The summed E-state index contributed by atoms with van der Waals surface area (Å²) < 4.78 is 6.48. The largest absolute Gasteiger partial charge is 0.455 e. The first kappa shape index (κ1) is 16.2. The second kappa shape index (κ2) is 5.17. The van der Waals surface area contributed by atoms with Gasteiger partial charge in [0.1, 0.15) is 5.60 Å². The predicted octanol–water partition coefficient (Wildman–Crippen LogP) is 5.52. The van der Waals surface area contributed by atoms with Gasteiger partial charge >= 0.3 is 5.97 Å². The second-order valence-corrected chi connectivity index (χ2v) is 11.6. The van der Waals surface area contributed by atoms with Crippen LogP contribution in [0.1, 0.15) is 77.6 Å². The molecule has 8 saturated carbocycles. The molecule has 142 valence electrons. The predicted molar refractivity (Wildman–Crippen MR) is 101 cm³/mol. The molecule has 0 amide bonds. The highest BCUT2D eigenvalue weighted by Gasteiger charge is 2.67. The van der Waals surface area contributed by atoms with Crippen LogP contribution in [0.5, 0.6) is 0 Å². The summed E-state index contributed by atoms with van der Waals surface area (Å²) in [4.78, 5) is 12.7. The molecule has 8 aliphatic rings. The zero-order valence-corrected chi connectivity index (χ0v) is 16.3. The number of rotatable bonds is 3. The van der Waals surface area contributed by atoms with Crippen molar-refractivity contribution in [1.82, 2.24) is 0 Å². The quantitative estimate of drug-likeness (QED) is 0.493. The highest BCUT2D eigenvalue weighted by atomic mass is 16.6. The molecule has 2 heteroatoms. The third kappa shape index (κ3) is 2.14. The molecule has 0 saturated heterocycles. The van der Waals surface area contributed by atoms with Gasteiger partial charge in [0, 0.05) is 11.5 Å². The molecule has 3 unspecified atom stereocenters. The van der Waals surface area contributed by atoms with Gasteiger partial charge in [-0.3, -0.25) is 0 Å². The Morgan fingerprint density at radius 1 is 0.808 bits per heavy atom. The molecule has 8 aliphatic carbocycles. The van der Waals surface area contributed by atoms with E-state index in [0.717, 1.165) is 48.3 Å². The number of carbonyl (C=O) groups is 1. The monoisotopic (exact) mass is 354 g/mol. The van der Waals surface area contributed by atoms with E-state index < -0.39 is 0 Å². The van der Waals surface area contributed by atoms with Gasteiger partial charge in [0.25, 0.3) is 0 Å². The van der Waals surface area contributed by atoms with Crippen molar-refractivity contribution in [3.8, 4) is 0 Å². The third-order valence-electron chi connectivity index (χ3n) is 9.64. The van der Waals surface area contributed by atoms with E-state index in [-0.39, 0.29) is 11.6 Å². The molecule has 0 radical (unpaired) electrons. The zero-order chi connectivity index (χ0) is 17.7. The third-order valence-corrected chi connectivity index (χ3v) is 9.64. The Hall–Kier alpha value is -0.790. The van der Waals surface area contributed by atoms with E-state index in [1.807, 2.05) is 6.92 Å². The number of esters is 1. The normalized spacial score (nSPS) is 56.0. The van der Waals surface area contributed by atoms with Crippen molar-refractivity contribution in [2.75, 3.05) is 0 Å². The molecule has 2 nitrogen and oxygen atoms in total. The van der Waals surface area contributed by atoms with Crippen LogP contribution >= 0.6 is 0 Å². The summed E-state index contributed by atoms with van der Waals surface area (Å²) in [5.74, 6) is 5.94. The highest BCUT2D eigenvalue weighted by molar-refractivity contribution is 5.87. The van der Waals surface area contributed by atoms with Crippen molar-refractivity contribution in [1.29, 1.82) is 0 Å². The molecular weight excluding hydrogens is 320 g/mol. The Bertz CT molecular complexity index is 612. The summed E-state index contributed by atoms with van der Waals surface area (Å²) in [6, 6.07) is 0. The number of hydrogen-bond donors (Lipinski definition) is 0. The summed E-state index contributed by atoms with van der Waals surface area (Å²) in [5.41, 5.74) is 0.948. The molecule has 26 heavy (non-hydrogen) atoms. The lowest BCUT2D eigenvalue weighted by Crippen LogP contribution is -2.66. The standard InChI is InChI=1S/C24H34O2/c1-14(2)22(25)26-24-12-18-6-19(13-24)8-20(7-18)21(24)23-9-15-3-16(10-23)5-17(4-15)11-23/h15-21H,1,3-13H2,2H3. The summed E-state index contributed by atoms with van der Waals surface area (Å²) in [7, 11) is 0. The highest BCUT2D eigenvalue weighted by Crippen LogP contribution is 2.72.